The van der Waals surface area contributed by atoms with Crippen molar-refractivity contribution in [3.05, 3.63) is 12.2 Å². The summed E-state index contributed by atoms with van der Waals surface area (Å²) < 4.78 is 76.4. The molecule has 0 radical (unpaired) electrons. The van der Waals surface area contributed by atoms with Crippen molar-refractivity contribution in [1.29, 1.82) is 0 Å². The summed E-state index contributed by atoms with van der Waals surface area (Å²) in [5, 5.41) is -1.10. The van der Waals surface area contributed by atoms with E-state index in [2.05, 4.69) is 11.8 Å². The topological polar surface area (TPSA) is 49.9 Å². The van der Waals surface area contributed by atoms with Gasteiger partial charge < -0.3 is 4.74 Å². The zero-order valence-corrected chi connectivity index (χ0v) is 25.6. The molecule has 0 amide bonds. The van der Waals surface area contributed by atoms with Crippen molar-refractivity contribution in [3.63, 3.8) is 0 Å². The van der Waals surface area contributed by atoms with Crippen LogP contribution in [0.4, 0.5) is 13.2 Å². The van der Waals surface area contributed by atoms with E-state index in [0.29, 0.717) is 49.0 Å². The number of hydrogen-bond donors (Lipinski definition) is 0. The predicted molar refractivity (Wildman–Crippen MR) is 153 cm³/mol. The van der Waals surface area contributed by atoms with E-state index in [1.54, 1.807) is 7.11 Å². The predicted octanol–water partition coefficient (Wildman–Crippen LogP) is 6.47. The fourth-order valence-electron chi connectivity index (χ4n) is 9.21. The second kappa shape index (κ2) is 12.7. The van der Waals surface area contributed by atoms with E-state index < -0.39 is 27.4 Å². The Labute approximate surface area is 244 Å². The van der Waals surface area contributed by atoms with E-state index in [0.717, 1.165) is 25.8 Å². The monoisotopic (exact) mass is 608 g/mol. The zero-order chi connectivity index (χ0) is 28.7. The van der Waals surface area contributed by atoms with Gasteiger partial charge in [0.2, 0.25) is 10.0 Å². The van der Waals surface area contributed by atoms with E-state index in [4.69, 9.17) is 16.3 Å². The van der Waals surface area contributed by atoms with Crippen molar-refractivity contribution in [2.24, 2.45) is 35.5 Å². The van der Waals surface area contributed by atoms with Gasteiger partial charge in [-0.15, -0.1) is 11.6 Å². The third-order valence-electron chi connectivity index (χ3n) is 11.4. The highest BCUT2D eigenvalue weighted by atomic mass is 35.5. The molecule has 0 aromatic heterocycles. The van der Waals surface area contributed by atoms with Gasteiger partial charge in [-0.2, -0.15) is 17.5 Å². The van der Waals surface area contributed by atoms with Crippen LogP contribution >= 0.6 is 11.6 Å². The molecule has 2 aliphatic heterocycles. The molecule has 2 heterocycles. The molecule has 3 aliphatic carbocycles. The molecular formula is C30H48ClF3N2O3S. The lowest BCUT2D eigenvalue weighted by atomic mass is 9.61. The Balaban J connectivity index is 1.32. The number of fused-ring (bicyclic) bond motifs is 1. The van der Waals surface area contributed by atoms with Gasteiger partial charge in [0, 0.05) is 44.2 Å². The average molecular weight is 609 g/mol. The van der Waals surface area contributed by atoms with Crippen molar-refractivity contribution in [2.75, 3.05) is 33.4 Å². The van der Waals surface area contributed by atoms with Gasteiger partial charge in [0.25, 0.3) is 0 Å². The van der Waals surface area contributed by atoms with Crippen LogP contribution in [0.15, 0.2) is 12.2 Å². The van der Waals surface area contributed by atoms with Crippen LogP contribution in [0, 0.1) is 35.5 Å². The number of sulfonamides is 1. The number of ether oxygens (including phenoxy) is 1. The molecule has 0 aromatic rings. The number of hydrogen-bond acceptors (Lipinski definition) is 4. The molecule has 5 nitrogen and oxygen atoms in total. The van der Waals surface area contributed by atoms with Crippen LogP contribution in [0.2, 0.25) is 0 Å². The van der Waals surface area contributed by atoms with Crippen LogP contribution in [0.25, 0.3) is 0 Å². The van der Waals surface area contributed by atoms with Gasteiger partial charge in [-0.3, -0.25) is 4.90 Å². The second-order valence-electron chi connectivity index (χ2n) is 13.3. The lowest BCUT2D eigenvalue weighted by molar-refractivity contribution is -0.180. The SMILES string of the molecule is COC[C@@H]1[C@@H](C2CCC(C3CCCC(Cl)C3C)CC2)C2CN(S(=O)(=O)C3CCCCC3C(F)(F)F)C/C=C\CN21. The van der Waals surface area contributed by atoms with Crippen LogP contribution < -0.4 is 0 Å². The maximum atomic E-state index is 13.9. The summed E-state index contributed by atoms with van der Waals surface area (Å²) in [7, 11) is -2.39. The first-order valence-electron chi connectivity index (χ1n) is 15.6. The molecule has 5 aliphatic rings. The summed E-state index contributed by atoms with van der Waals surface area (Å²) in [5.41, 5.74) is 0. The van der Waals surface area contributed by atoms with Crippen molar-refractivity contribution >= 4 is 21.6 Å². The lowest BCUT2D eigenvalue weighted by Crippen LogP contribution is -2.71. The molecule has 0 N–H and O–H groups in total. The van der Waals surface area contributed by atoms with Gasteiger partial charge in [0.1, 0.15) is 0 Å². The Morgan fingerprint density at radius 3 is 2.30 bits per heavy atom. The Morgan fingerprint density at radius 1 is 0.925 bits per heavy atom. The van der Waals surface area contributed by atoms with Gasteiger partial charge in [0.05, 0.1) is 17.8 Å². The third-order valence-corrected chi connectivity index (χ3v) is 14.3. The van der Waals surface area contributed by atoms with Gasteiger partial charge in [-0.25, -0.2) is 8.42 Å². The second-order valence-corrected chi connectivity index (χ2v) is 16.0. The molecule has 10 heteroatoms. The third kappa shape index (κ3) is 6.15. The minimum Gasteiger partial charge on any atom is -0.383 e. The molecule has 6 unspecified atom stereocenters. The average Bonchev–Trinajstić information content (AvgIpc) is 2.91. The maximum Gasteiger partial charge on any atom is 0.393 e. The van der Waals surface area contributed by atoms with E-state index in [9.17, 15) is 21.6 Å². The largest absolute Gasteiger partial charge is 0.393 e. The number of alkyl halides is 4. The molecule has 1 saturated heterocycles. The molecular weight excluding hydrogens is 561 g/mol. The quantitative estimate of drug-likeness (QED) is 0.256. The summed E-state index contributed by atoms with van der Waals surface area (Å²) in [5.74, 6) is 0.934. The van der Waals surface area contributed by atoms with Crippen LogP contribution in [0.3, 0.4) is 0 Å². The standard InChI is InChI=1S/C30H48ClF3N2O3S/c1-20-23(8-7-10-25(20)31)21-12-14-22(15-13-21)29-26-18-35(16-5-6-17-36(26)27(29)19-39-2)40(37,38)28-11-4-3-9-24(28)30(32,33)34/h5-6,20-29H,3-4,7-19H2,1-2H3/b6-5-/t20?,21?,22?,23?,24?,25?,26?,27-,28?,29+/m1/s1. The Hall–Kier alpha value is -0.350. The molecule has 0 bridgehead atoms. The summed E-state index contributed by atoms with van der Waals surface area (Å²) in [6.07, 6.45) is 8.47. The van der Waals surface area contributed by atoms with Crippen molar-refractivity contribution < 1.29 is 26.3 Å². The summed E-state index contributed by atoms with van der Waals surface area (Å²) in [4.78, 5) is 2.34. The highest BCUT2D eigenvalue weighted by molar-refractivity contribution is 7.89. The van der Waals surface area contributed by atoms with Crippen LogP contribution in [0.1, 0.15) is 77.6 Å². The van der Waals surface area contributed by atoms with Crippen LogP contribution in [-0.2, 0) is 14.8 Å². The van der Waals surface area contributed by atoms with Gasteiger partial charge >= 0.3 is 6.18 Å². The fraction of sp³-hybridized carbons (Fsp3) is 0.933. The Kier molecular flexibility index (Phi) is 9.88. The van der Waals surface area contributed by atoms with Crippen LogP contribution in [-0.4, -0.2) is 79.9 Å². The minimum absolute atomic E-state index is 0.00942. The highest BCUT2D eigenvalue weighted by Gasteiger charge is 2.55. The zero-order valence-electron chi connectivity index (χ0n) is 24.1. The lowest BCUT2D eigenvalue weighted by Gasteiger charge is -2.60. The molecule has 4 fully saturated rings. The molecule has 8 atom stereocenters. The normalized spacial score (nSPS) is 43.2. The summed E-state index contributed by atoms with van der Waals surface area (Å²) in [6, 6.07) is 0.220. The van der Waals surface area contributed by atoms with Crippen LogP contribution in [0.5, 0.6) is 0 Å². The van der Waals surface area contributed by atoms with Crippen molar-refractivity contribution in [3.8, 4) is 0 Å². The summed E-state index contributed by atoms with van der Waals surface area (Å²) in [6.45, 7) is 4.06. The maximum absolute atomic E-state index is 13.9. The van der Waals surface area contributed by atoms with Gasteiger partial charge in [-0.05, 0) is 81.0 Å². The van der Waals surface area contributed by atoms with Crippen molar-refractivity contribution in [1.82, 2.24) is 9.21 Å². The first kappa shape index (κ1) is 31.1. The molecule has 3 saturated carbocycles. The van der Waals surface area contributed by atoms with E-state index in [-0.39, 0.29) is 43.4 Å². The van der Waals surface area contributed by atoms with Gasteiger partial charge in [-0.1, -0.05) is 38.3 Å². The fourth-order valence-corrected chi connectivity index (χ4v) is 11.8. The number of methoxy groups -OCH3 is 1. The molecule has 40 heavy (non-hydrogen) atoms. The number of nitrogens with zero attached hydrogens (tertiary/aromatic N) is 2. The first-order chi connectivity index (χ1) is 19.0. The van der Waals surface area contributed by atoms with E-state index >= 15 is 0 Å². The summed E-state index contributed by atoms with van der Waals surface area (Å²) >= 11 is 6.65. The smallest absolute Gasteiger partial charge is 0.383 e. The highest BCUT2D eigenvalue weighted by Crippen LogP contribution is 2.50. The first-order valence-corrected chi connectivity index (χ1v) is 17.6. The molecule has 0 spiro atoms. The number of rotatable bonds is 6. The van der Waals surface area contributed by atoms with Gasteiger partial charge in [0.15, 0.2) is 0 Å². The minimum atomic E-state index is -4.50. The van der Waals surface area contributed by atoms with E-state index in [1.807, 2.05) is 12.2 Å². The molecule has 5 rings (SSSR count). The number of halogens is 4. The van der Waals surface area contributed by atoms with Crippen molar-refractivity contribution in [2.45, 2.75) is 106 Å². The molecule has 0 aromatic carbocycles. The Morgan fingerprint density at radius 2 is 1.60 bits per heavy atom. The Bertz CT molecular complexity index is 987. The van der Waals surface area contributed by atoms with E-state index in [1.165, 1.54) is 30.0 Å². The molecule has 230 valence electrons.